The highest BCUT2D eigenvalue weighted by atomic mass is 35.5. The molecule has 0 aliphatic rings. The van der Waals surface area contributed by atoms with E-state index in [4.69, 9.17) is 16.3 Å². The van der Waals surface area contributed by atoms with Gasteiger partial charge in [-0.15, -0.1) is 0 Å². The Morgan fingerprint density at radius 1 is 1.16 bits per heavy atom. The Morgan fingerprint density at radius 2 is 1.84 bits per heavy atom. The lowest BCUT2D eigenvalue weighted by Crippen LogP contribution is -2.23. The second-order valence-corrected chi connectivity index (χ2v) is 4.88. The summed E-state index contributed by atoms with van der Waals surface area (Å²) in [5.41, 5.74) is 1.78. The predicted octanol–water partition coefficient (Wildman–Crippen LogP) is 4.30. The zero-order chi connectivity index (χ0) is 13.8. The average molecular weight is 275 g/mol. The zero-order valence-corrected chi connectivity index (χ0v) is 11.6. The molecule has 0 heterocycles. The molecular formula is C16H15ClO2. The molecule has 0 aliphatic heterocycles. The van der Waals surface area contributed by atoms with Crippen LogP contribution in [0.4, 0.5) is 0 Å². The van der Waals surface area contributed by atoms with Gasteiger partial charge >= 0.3 is 0 Å². The van der Waals surface area contributed by atoms with E-state index in [1.54, 1.807) is 31.2 Å². The van der Waals surface area contributed by atoms with E-state index in [1.807, 2.05) is 31.2 Å². The summed E-state index contributed by atoms with van der Waals surface area (Å²) in [4.78, 5) is 12.2. The van der Waals surface area contributed by atoms with Gasteiger partial charge in [0.25, 0.3) is 0 Å². The van der Waals surface area contributed by atoms with Gasteiger partial charge in [-0.05, 0) is 32.0 Å². The van der Waals surface area contributed by atoms with Crippen molar-refractivity contribution in [1.82, 2.24) is 0 Å². The van der Waals surface area contributed by atoms with E-state index < -0.39 is 6.10 Å². The van der Waals surface area contributed by atoms with Crippen molar-refractivity contribution in [2.45, 2.75) is 20.0 Å². The fourth-order valence-corrected chi connectivity index (χ4v) is 1.93. The molecule has 0 saturated heterocycles. The SMILES string of the molecule is Cc1ccc(C(=O)[C@H](C)Oc2cccc(Cl)c2)cc1. The minimum atomic E-state index is -0.541. The summed E-state index contributed by atoms with van der Waals surface area (Å²) in [6, 6.07) is 14.5. The van der Waals surface area contributed by atoms with Crippen LogP contribution < -0.4 is 4.74 Å². The van der Waals surface area contributed by atoms with Crippen molar-refractivity contribution in [1.29, 1.82) is 0 Å². The van der Waals surface area contributed by atoms with Gasteiger partial charge in [-0.2, -0.15) is 0 Å². The van der Waals surface area contributed by atoms with Crippen LogP contribution in [0.3, 0.4) is 0 Å². The maximum absolute atomic E-state index is 12.2. The first-order chi connectivity index (χ1) is 9.06. The second kappa shape index (κ2) is 5.89. The van der Waals surface area contributed by atoms with Gasteiger partial charge in [-0.1, -0.05) is 47.5 Å². The van der Waals surface area contributed by atoms with Crippen molar-refractivity contribution in [3.05, 3.63) is 64.7 Å². The Morgan fingerprint density at radius 3 is 2.47 bits per heavy atom. The number of carbonyl (C=O) groups is 1. The number of carbonyl (C=O) groups excluding carboxylic acids is 1. The molecule has 2 rings (SSSR count). The highest BCUT2D eigenvalue weighted by molar-refractivity contribution is 6.30. The van der Waals surface area contributed by atoms with E-state index in [2.05, 4.69) is 0 Å². The third-order valence-electron chi connectivity index (χ3n) is 2.81. The molecule has 98 valence electrons. The highest BCUT2D eigenvalue weighted by Gasteiger charge is 2.16. The largest absolute Gasteiger partial charge is 0.483 e. The van der Waals surface area contributed by atoms with Gasteiger partial charge in [-0.25, -0.2) is 0 Å². The average Bonchev–Trinajstić information content (AvgIpc) is 2.39. The van der Waals surface area contributed by atoms with Gasteiger partial charge in [0.05, 0.1) is 0 Å². The van der Waals surface area contributed by atoms with Gasteiger partial charge in [-0.3, -0.25) is 4.79 Å². The lowest BCUT2D eigenvalue weighted by molar-refractivity contribution is 0.0818. The Kier molecular flexibility index (Phi) is 4.23. The van der Waals surface area contributed by atoms with Crippen LogP contribution >= 0.6 is 11.6 Å². The molecule has 0 bridgehead atoms. The maximum atomic E-state index is 12.2. The second-order valence-electron chi connectivity index (χ2n) is 4.45. The molecule has 3 heteroatoms. The van der Waals surface area contributed by atoms with Crippen LogP contribution in [-0.2, 0) is 0 Å². The van der Waals surface area contributed by atoms with Crippen LogP contribution in [0.5, 0.6) is 5.75 Å². The third kappa shape index (κ3) is 3.58. The number of rotatable bonds is 4. The topological polar surface area (TPSA) is 26.3 Å². The molecule has 0 aliphatic carbocycles. The van der Waals surface area contributed by atoms with Gasteiger partial charge in [0.2, 0.25) is 5.78 Å². The van der Waals surface area contributed by atoms with Crippen molar-refractivity contribution >= 4 is 17.4 Å². The summed E-state index contributed by atoms with van der Waals surface area (Å²) in [6.07, 6.45) is -0.541. The van der Waals surface area contributed by atoms with Crippen LogP contribution in [0, 0.1) is 6.92 Å². The van der Waals surface area contributed by atoms with Gasteiger partial charge in [0, 0.05) is 10.6 Å². The first-order valence-electron chi connectivity index (χ1n) is 6.09. The Balaban J connectivity index is 2.09. The monoisotopic (exact) mass is 274 g/mol. The molecule has 0 aromatic heterocycles. The number of hydrogen-bond donors (Lipinski definition) is 0. The molecule has 0 radical (unpaired) electrons. The Labute approximate surface area is 118 Å². The Bertz CT molecular complexity index is 576. The number of halogens is 1. The maximum Gasteiger partial charge on any atom is 0.202 e. The molecular weight excluding hydrogens is 260 g/mol. The van der Waals surface area contributed by atoms with Crippen molar-refractivity contribution in [2.75, 3.05) is 0 Å². The molecule has 2 nitrogen and oxygen atoms in total. The van der Waals surface area contributed by atoms with E-state index in [1.165, 1.54) is 0 Å². The molecule has 0 fully saturated rings. The lowest BCUT2D eigenvalue weighted by Gasteiger charge is -2.14. The number of aryl methyl sites for hydroxylation is 1. The van der Waals surface area contributed by atoms with Crippen molar-refractivity contribution in [2.24, 2.45) is 0 Å². The summed E-state index contributed by atoms with van der Waals surface area (Å²) in [5, 5.41) is 0.590. The van der Waals surface area contributed by atoms with E-state index in [-0.39, 0.29) is 5.78 Å². The smallest absolute Gasteiger partial charge is 0.202 e. The van der Waals surface area contributed by atoms with E-state index in [0.29, 0.717) is 16.3 Å². The van der Waals surface area contributed by atoms with E-state index in [9.17, 15) is 4.79 Å². The summed E-state index contributed by atoms with van der Waals surface area (Å²) in [6.45, 7) is 3.73. The Hall–Kier alpha value is -1.80. The van der Waals surface area contributed by atoms with Gasteiger partial charge < -0.3 is 4.74 Å². The van der Waals surface area contributed by atoms with Gasteiger partial charge in [0.1, 0.15) is 5.75 Å². The standard InChI is InChI=1S/C16H15ClO2/c1-11-6-8-13(9-7-11)16(18)12(2)19-15-5-3-4-14(17)10-15/h3-10,12H,1-2H3/t12-/m0/s1. The van der Waals surface area contributed by atoms with E-state index in [0.717, 1.165) is 5.56 Å². The molecule has 19 heavy (non-hydrogen) atoms. The van der Waals surface area contributed by atoms with Crippen LogP contribution in [0.1, 0.15) is 22.8 Å². The minimum Gasteiger partial charge on any atom is -0.483 e. The third-order valence-corrected chi connectivity index (χ3v) is 3.05. The van der Waals surface area contributed by atoms with Crippen LogP contribution in [0.15, 0.2) is 48.5 Å². The summed E-state index contributed by atoms with van der Waals surface area (Å²) < 4.78 is 5.61. The van der Waals surface area contributed by atoms with Crippen LogP contribution in [-0.4, -0.2) is 11.9 Å². The molecule has 0 unspecified atom stereocenters. The van der Waals surface area contributed by atoms with Gasteiger partial charge in [0.15, 0.2) is 6.10 Å². The quantitative estimate of drug-likeness (QED) is 0.777. The molecule has 0 N–H and O–H groups in total. The van der Waals surface area contributed by atoms with E-state index >= 15 is 0 Å². The molecule has 0 saturated carbocycles. The molecule has 1 atom stereocenters. The van der Waals surface area contributed by atoms with Crippen LogP contribution in [0.2, 0.25) is 5.02 Å². The fourth-order valence-electron chi connectivity index (χ4n) is 1.75. The lowest BCUT2D eigenvalue weighted by atomic mass is 10.1. The number of ether oxygens (including phenoxy) is 1. The highest BCUT2D eigenvalue weighted by Crippen LogP contribution is 2.19. The zero-order valence-electron chi connectivity index (χ0n) is 10.9. The number of ketones is 1. The summed E-state index contributed by atoms with van der Waals surface area (Å²) >= 11 is 5.88. The number of Topliss-reactive ketones (excluding diaryl/α,β-unsaturated/α-hetero) is 1. The normalized spacial score (nSPS) is 11.9. The first-order valence-corrected chi connectivity index (χ1v) is 6.47. The summed E-state index contributed by atoms with van der Waals surface area (Å²) in [7, 11) is 0. The predicted molar refractivity (Wildman–Crippen MR) is 77.1 cm³/mol. The number of benzene rings is 2. The van der Waals surface area contributed by atoms with Crippen molar-refractivity contribution in [3.63, 3.8) is 0 Å². The summed E-state index contributed by atoms with van der Waals surface area (Å²) in [5.74, 6) is 0.556. The molecule has 0 spiro atoms. The molecule has 2 aromatic carbocycles. The van der Waals surface area contributed by atoms with Crippen molar-refractivity contribution in [3.8, 4) is 5.75 Å². The fraction of sp³-hybridized carbons (Fsp3) is 0.188. The van der Waals surface area contributed by atoms with Crippen LogP contribution in [0.25, 0.3) is 0 Å². The number of hydrogen-bond acceptors (Lipinski definition) is 2. The first kappa shape index (κ1) is 13.6. The molecule has 2 aromatic rings. The minimum absolute atomic E-state index is 0.0417. The van der Waals surface area contributed by atoms with Crippen molar-refractivity contribution < 1.29 is 9.53 Å². The molecule has 0 amide bonds.